The molecule has 0 bridgehead atoms. The molecule has 0 radical (unpaired) electrons. The zero-order valence-corrected chi connectivity index (χ0v) is 18.7. The second kappa shape index (κ2) is 8.47. The van der Waals surface area contributed by atoms with Crippen LogP contribution in [-0.2, 0) is 23.9 Å². The van der Waals surface area contributed by atoms with Crippen LogP contribution >= 0.6 is 0 Å². The number of carbonyl (C=O) groups is 3. The number of esters is 2. The van der Waals surface area contributed by atoms with Crippen LogP contribution in [-0.4, -0.2) is 30.4 Å². The summed E-state index contributed by atoms with van der Waals surface area (Å²) in [5, 5.41) is 0. The summed E-state index contributed by atoms with van der Waals surface area (Å²) in [6, 6.07) is 0. The smallest absolute Gasteiger partial charge is 0.306 e. The number of carbonyl (C=O) groups excluding carboxylic acids is 3. The number of ether oxygens (including phenoxy) is 2. The summed E-state index contributed by atoms with van der Waals surface area (Å²) < 4.78 is 10.9. The third-order valence-electron chi connectivity index (χ3n) is 8.62. The van der Waals surface area contributed by atoms with Gasteiger partial charge in [0, 0.05) is 11.8 Å². The minimum atomic E-state index is -0.337. The first-order chi connectivity index (χ1) is 14.3. The van der Waals surface area contributed by atoms with Gasteiger partial charge in [-0.2, -0.15) is 0 Å². The Labute approximate surface area is 179 Å². The fourth-order valence-corrected chi connectivity index (χ4v) is 7.57. The van der Waals surface area contributed by atoms with Gasteiger partial charge in [-0.25, -0.2) is 0 Å². The monoisotopic (exact) mass is 416 g/mol. The van der Waals surface area contributed by atoms with Crippen molar-refractivity contribution in [1.29, 1.82) is 0 Å². The first-order valence-electron chi connectivity index (χ1n) is 11.9. The van der Waals surface area contributed by atoms with E-state index in [-0.39, 0.29) is 36.3 Å². The summed E-state index contributed by atoms with van der Waals surface area (Å²) in [5.74, 6) is 2.75. The van der Waals surface area contributed by atoms with E-state index in [1.165, 1.54) is 5.57 Å². The Morgan fingerprint density at radius 1 is 1.10 bits per heavy atom. The van der Waals surface area contributed by atoms with Crippen LogP contribution in [0.25, 0.3) is 0 Å². The molecular formula is C25H36O5. The van der Waals surface area contributed by atoms with Gasteiger partial charge in [0.25, 0.3) is 0 Å². The fourth-order valence-electron chi connectivity index (χ4n) is 7.57. The molecule has 30 heavy (non-hydrogen) atoms. The highest BCUT2D eigenvalue weighted by atomic mass is 16.5. The van der Waals surface area contributed by atoms with E-state index in [2.05, 4.69) is 13.8 Å². The highest BCUT2D eigenvalue weighted by molar-refractivity contribution is 5.91. The van der Waals surface area contributed by atoms with Gasteiger partial charge in [0.15, 0.2) is 5.78 Å². The molecule has 4 aliphatic carbocycles. The van der Waals surface area contributed by atoms with E-state index in [9.17, 15) is 14.4 Å². The predicted molar refractivity (Wildman–Crippen MR) is 112 cm³/mol. The van der Waals surface area contributed by atoms with Crippen molar-refractivity contribution < 1.29 is 23.9 Å². The van der Waals surface area contributed by atoms with E-state index in [0.29, 0.717) is 48.4 Å². The summed E-state index contributed by atoms with van der Waals surface area (Å²) in [6.45, 7) is 6.80. The molecule has 3 fully saturated rings. The molecule has 0 amide bonds. The average Bonchev–Trinajstić information content (AvgIpc) is 3.02. The molecule has 0 N–H and O–H groups in total. The molecule has 0 spiro atoms. The third-order valence-corrected chi connectivity index (χ3v) is 8.62. The molecule has 5 heteroatoms. The number of allylic oxidation sites excluding steroid dienone is 1. The van der Waals surface area contributed by atoms with Crippen molar-refractivity contribution in [3.05, 3.63) is 11.6 Å². The number of ketones is 1. The van der Waals surface area contributed by atoms with Crippen molar-refractivity contribution in [2.24, 2.45) is 35.0 Å². The van der Waals surface area contributed by atoms with Crippen molar-refractivity contribution >= 4 is 17.7 Å². The minimum absolute atomic E-state index is 0.0197. The summed E-state index contributed by atoms with van der Waals surface area (Å²) in [5.41, 5.74) is 1.43. The molecule has 0 heterocycles. The van der Waals surface area contributed by atoms with Crippen molar-refractivity contribution in [2.75, 3.05) is 6.61 Å². The van der Waals surface area contributed by atoms with Crippen LogP contribution in [0, 0.1) is 35.0 Å². The zero-order valence-electron chi connectivity index (χ0n) is 18.7. The van der Waals surface area contributed by atoms with Gasteiger partial charge in [-0.1, -0.05) is 19.4 Å². The molecule has 3 saturated carbocycles. The maximum atomic E-state index is 12.4. The fraction of sp³-hybridized carbons (Fsp3) is 0.800. The van der Waals surface area contributed by atoms with E-state index in [4.69, 9.17) is 9.47 Å². The van der Waals surface area contributed by atoms with Gasteiger partial charge in [-0.3, -0.25) is 14.4 Å². The van der Waals surface area contributed by atoms with Gasteiger partial charge in [0.2, 0.25) is 0 Å². The Balaban J connectivity index is 1.44. The Morgan fingerprint density at radius 2 is 1.87 bits per heavy atom. The standard InChI is InChI=1S/C25H36O5/c1-4-29-22(27)11-12-23(28)30-21-10-9-20-19-7-5-16-13-17(26)6-8-18(16)24(19)15(2)14-25(20,21)3/h13,15,18-21,24H,4-12,14H2,1-3H3. The van der Waals surface area contributed by atoms with Gasteiger partial charge in [-0.05, 0) is 81.1 Å². The lowest BCUT2D eigenvalue weighted by molar-refractivity contribution is -0.163. The van der Waals surface area contributed by atoms with Gasteiger partial charge in [0.1, 0.15) is 6.10 Å². The topological polar surface area (TPSA) is 69.7 Å². The largest absolute Gasteiger partial charge is 0.466 e. The minimum Gasteiger partial charge on any atom is -0.466 e. The summed E-state index contributed by atoms with van der Waals surface area (Å²) >= 11 is 0. The van der Waals surface area contributed by atoms with Crippen LogP contribution in [0.2, 0.25) is 0 Å². The maximum absolute atomic E-state index is 12.4. The molecule has 7 unspecified atom stereocenters. The van der Waals surface area contributed by atoms with Crippen LogP contribution in [0.5, 0.6) is 0 Å². The molecule has 0 aliphatic heterocycles. The molecule has 166 valence electrons. The summed E-state index contributed by atoms with van der Waals surface area (Å²) in [7, 11) is 0. The van der Waals surface area contributed by atoms with Crippen molar-refractivity contribution in [3.8, 4) is 0 Å². The molecule has 0 aromatic heterocycles. The second-order valence-electron chi connectivity index (χ2n) is 10.3. The molecule has 4 aliphatic rings. The van der Waals surface area contributed by atoms with Gasteiger partial charge < -0.3 is 9.47 Å². The van der Waals surface area contributed by atoms with E-state index < -0.39 is 0 Å². The number of fused-ring (bicyclic) bond motifs is 5. The second-order valence-corrected chi connectivity index (χ2v) is 10.3. The zero-order chi connectivity index (χ0) is 21.5. The molecule has 0 saturated heterocycles. The Bertz CT molecular complexity index is 740. The first kappa shape index (κ1) is 21.6. The Kier molecular flexibility index (Phi) is 6.09. The lowest BCUT2D eigenvalue weighted by Gasteiger charge is -2.56. The van der Waals surface area contributed by atoms with Crippen molar-refractivity contribution in [3.63, 3.8) is 0 Å². The van der Waals surface area contributed by atoms with Crippen LogP contribution in [0.4, 0.5) is 0 Å². The molecule has 0 aromatic carbocycles. The van der Waals surface area contributed by atoms with Crippen molar-refractivity contribution in [2.45, 2.75) is 84.7 Å². The first-order valence-corrected chi connectivity index (χ1v) is 11.9. The van der Waals surface area contributed by atoms with Crippen LogP contribution in [0.15, 0.2) is 11.6 Å². The number of hydrogen-bond donors (Lipinski definition) is 0. The van der Waals surface area contributed by atoms with E-state index >= 15 is 0 Å². The highest BCUT2D eigenvalue weighted by Crippen LogP contribution is 2.64. The SMILES string of the molecule is CCOC(=O)CCC(=O)OC1CCC2C3CCC4=CC(=O)CCC4C3C(C)CC12C. The summed E-state index contributed by atoms with van der Waals surface area (Å²) in [6.07, 6.45) is 9.15. The number of hydrogen-bond acceptors (Lipinski definition) is 5. The molecule has 0 aromatic rings. The lowest BCUT2D eigenvalue weighted by Crippen LogP contribution is -2.51. The highest BCUT2D eigenvalue weighted by Gasteiger charge is 2.59. The van der Waals surface area contributed by atoms with E-state index in [0.717, 1.165) is 38.5 Å². The molecule has 7 atom stereocenters. The van der Waals surface area contributed by atoms with Crippen LogP contribution in [0.1, 0.15) is 78.6 Å². The average molecular weight is 417 g/mol. The van der Waals surface area contributed by atoms with Gasteiger partial charge in [0.05, 0.1) is 19.4 Å². The lowest BCUT2D eigenvalue weighted by atomic mass is 9.49. The Morgan fingerprint density at radius 3 is 2.63 bits per heavy atom. The van der Waals surface area contributed by atoms with E-state index in [1.807, 2.05) is 6.08 Å². The van der Waals surface area contributed by atoms with Gasteiger partial charge >= 0.3 is 11.9 Å². The molecule has 5 nitrogen and oxygen atoms in total. The predicted octanol–water partition coefficient (Wildman–Crippen LogP) is 4.63. The third kappa shape index (κ3) is 3.85. The van der Waals surface area contributed by atoms with Crippen molar-refractivity contribution in [1.82, 2.24) is 0 Å². The Hall–Kier alpha value is -1.65. The molecule has 4 rings (SSSR count). The normalized spacial score (nSPS) is 40.0. The molecular weight excluding hydrogens is 380 g/mol. The number of rotatable bonds is 5. The van der Waals surface area contributed by atoms with Crippen LogP contribution < -0.4 is 0 Å². The summed E-state index contributed by atoms with van der Waals surface area (Å²) in [4.78, 5) is 35.9. The maximum Gasteiger partial charge on any atom is 0.306 e. The van der Waals surface area contributed by atoms with Gasteiger partial charge in [-0.15, -0.1) is 0 Å². The van der Waals surface area contributed by atoms with E-state index in [1.54, 1.807) is 6.92 Å². The quantitative estimate of drug-likeness (QED) is 0.611. The van der Waals surface area contributed by atoms with Crippen LogP contribution in [0.3, 0.4) is 0 Å².